The van der Waals surface area contributed by atoms with Crippen molar-refractivity contribution in [2.75, 3.05) is 19.6 Å². The van der Waals surface area contributed by atoms with Gasteiger partial charge < -0.3 is 14.2 Å². The highest BCUT2D eigenvalue weighted by Gasteiger charge is 2.35. The fraction of sp³-hybridized carbons (Fsp3) is 0.515. The Morgan fingerprint density at radius 3 is 2.37 bits per heavy atom. The van der Waals surface area contributed by atoms with Gasteiger partial charge in [-0.25, -0.2) is 14.2 Å². The van der Waals surface area contributed by atoms with Gasteiger partial charge in [-0.05, 0) is 76.8 Å². The molecule has 0 N–H and O–H groups in total. The van der Waals surface area contributed by atoms with Crippen molar-refractivity contribution in [2.45, 2.75) is 89.7 Å². The molecule has 2 saturated heterocycles. The van der Waals surface area contributed by atoms with E-state index in [0.29, 0.717) is 38.2 Å². The molecule has 232 valence electrons. The number of halogens is 4. The van der Waals surface area contributed by atoms with Crippen LogP contribution in [0.5, 0.6) is 0 Å². The SMILES string of the molecule is CC(C)(C)OC(=O)N1CCC(c2nc(-c3ccc(F)c(C(F)(F)F)c3)cn2C[C@@H]2CCCCN2Cc2ccccc2)CC1. The maximum absolute atomic E-state index is 14.1. The number of rotatable bonds is 6. The van der Waals surface area contributed by atoms with E-state index < -0.39 is 23.2 Å². The molecule has 6 nitrogen and oxygen atoms in total. The van der Waals surface area contributed by atoms with E-state index in [-0.39, 0.29) is 23.6 Å². The minimum atomic E-state index is -4.81. The molecule has 2 aliphatic heterocycles. The molecule has 1 aromatic heterocycles. The topological polar surface area (TPSA) is 50.6 Å². The first-order valence-electron chi connectivity index (χ1n) is 15.1. The lowest BCUT2D eigenvalue weighted by molar-refractivity contribution is -0.139. The molecule has 0 bridgehead atoms. The molecular weight excluding hydrogens is 560 g/mol. The fourth-order valence-electron chi connectivity index (χ4n) is 6.11. The van der Waals surface area contributed by atoms with Crippen molar-refractivity contribution in [1.29, 1.82) is 0 Å². The van der Waals surface area contributed by atoms with Crippen LogP contribution in [0.3, 0.4) is 0 Å². The van der Waals surface area contributed by atoms with Gasteiger partial charge in [0.25, 0.3) is 0 Å². The number of hydrogen-bond donors (Lipinski definition) is 0. The Hall–Kier alpha value is -3.40. The van der Waals surface area contributed by atoms with Gasteiger partial charge in [0.05, 0.1) is 11.3 Å². The quantitative estimate of drug-likeness (QED) is 0.270. The Bertz CT molecular complexity index is 1390. The zero-order valence-electron chi connectivity index (χ0n) is 25.0. The molecule has 2 fully saturated rings. The van der Waals surface area contributed by atoms with Gasteiger partial charge in [0.1, 0.15) is 17.2 Å². The summed E-state index contributed by atoms with van der Waals surface area (Å²) in [6.07, 6.45) is 1.21. The van der Waals surface area contributed by atoms with Crippen LogP contribution < -0.4 is 0 Å². The average molecular weight is 601 g/mol. The van der Waals surface area contributed by atoms with Gasteiger partial charge in [-0.3, -0.25) is 4.90 Å². The molecule has 10 heteroatoms. The molecule has 0 radical (unpaired) electrons. The second kappa shape index (κ2) is 12.7. The fourth-order valence-corrected chi connectivity index (χ4v) is 6.11. The predicted octanol–water partition coefficient (Wildman–Crippen LogP) is 7.88. The first kappa shape index (κ1) is 31.0. The lowest BCUT2D eigenvalue weighted by Gasteiger charge is -2.37. The van der Waals surface area contributed by atoms with Crippen molar-refractivity contribution in [2.24, 2.45) is 0 Å². The Morgan fingerprint density at radius 1 is 0.977 bits per heavy atom. The number of likely N-dealkylation sites (tertiary alicyclic amines) is 2. The van der Waals surface area contributed by atoms with Crippen LogP contribution in [0.2, 0.25) is 0 Å². The van der Waals surface area contributed by atoms with E-state index in [2.05, 4.69) is 21.6 Å². The number of nitrogens with zero attached hydrogens (tertiary/aromatic N) is 4. The minimum Gasteiger partial charge on any atom is -0.444 e. The number of piperidine rings is 2. The zero-order chi connectivity index (χ0) is 30.8. The zero-order valence-corrected chi connectivity index (χ0v) is 25.0. The number of ether oxygens (including phenoxy) is 1. The molecular formula is C33H40F4N4O2. The minimum absolute atomic E-state index is 0.0149. The standard InChI is InChI=1S/C33H40F4N4O2/c1-32(2,3)43-31(42)39-17-14-24(15-18-39)30-38-29(25-12-13-28(34)27(19-25)33(35,36)37)22-41(30)21-26-11-7-8-16-40(26)20-23-9-5-4-6-10-23/h4-6,9-10,12-13,19,22,24,26H,7-8,11,14-18,20-21H2,1-3H3/t26-/m0/s1. The number of alkyl halides is 3. The molecule has 2 aliphatic rings. The Kier molecular flexibility index (Phi) is 9.15. The summed E-state index contributed by atoms with van der Waals surface area (Å²) in [4.78, 5) is 21.7. The van der Waals surface area contributed by atoms with E-state index in [0.717, 1.165) is 50.3 Å². The first-order valence-corrected chi connectivity index (χ1v) is 15.1. The van der Waals surface area contributed by atoms with Gasteiger partial charge in [-0.15, -0.1) is 0 Å². The van der Waals surface area contributed by atoms with Crippen LogP contribution in [0.15, 0.2) is 54.7 Å². The van der Waals surface area contributed by atoms with Crippen LogP contribution in [0.25, 0.3) is 11.3 Å². The highest BCUT2D eigenvalue weighted by molar-refractivity contribution is 5.68. The molecule has 5 rings (SSSR count). The molecule has 1 amide bonds. The number of amides is 1. The highest BCUT2D eigenvalue weighted by Crippen LogP contribution is 2.36. The number of aromatic nitrogens is 2. The Labute approximate surface area is 250 Å². The normalized spacial score (nSPS) is 19.0. The van der Waals surface area contributed by atoms with E-state index in [1.54, 1.807) is 4.90 Å². The molecule has 0 saturated carbocycles. The molecule has 1 atom stereocenters. The van der Waals surface area contributed by atoms with Crippen LogP contribution in [-0.2, 0) is 24.0 Å². The number of hydrogen-bond acceptors (Lipinski definition) is 4. The average Bonchev–Trinajstić information content (AvgIpc) is 3.37. The second-order valence-electron chi connectivity index (χ2n) is 12.7. The maximum atomic E-state index is 14.1. The van der Waals surface area contributed by atoms with E-state index in [9.17, 15) is 22.4 Å². The molecule has 3 aromatic rings. The van der Waals surface area contributed by atoms with Crippen LogP contribution >= 0.6 is 0 Å². The van der Waals surface area contributed by atoms with Crippen molar-refractivity contribution in [3.8, 4) is 11.3 Å². The third kappa shape index (κ3) is 7.77. The van der Waals surface area contributed by atoms with Crippen LogP contribution in [0.4, 0.5) is 22.4 Å². The maximum Gasteiger partial charge on any atom is 0.419 e. The smallest absolute Gasteiger partial charge is 0.419 e. The van der Waals surface area contributed by atoms with Crippen molar-refractivity contribution in [1.82, 2.24) is 19.4 Å². The lowest BCUT2D eigenvalue weighted by atomic mass is 9.95. The van der Waals surface area contributed by atoms with E-state index in [1.165, 1.54) is 11.6 Å². The molecule has 43 heavy (non-hydrogen) atoms. The molecule has 3 heterocycles. The van der Waals surface area contributed by atoms with Crippen LogP contribution in [0, 0.1) is 5.82 Å². The third-order valence-corrected chi connectivity index (χ3v) is 8.27. The van der Waals surface area contributed by atoms with E-state index >= 15 is 0 Å². The van der Waals surface area contributed by atoms with Gasteiger partial charge in [-0.2, -0.15) is 13.2 Å². The largest absolute Gasteiger partial charge is 0.444 e. The van der Waals surface area contributed by atoms with Gasteiger partial charge in [0.2, 0.25) is 0 Å². The Balaban J connectivity index is 1.42. The van der Waals surface area contributed by atoms with Crippen molar-refractivity contribution in [3.05, 3.63) is 77.5 Å². The summed E-state index contributed by atoms with van der Waals surface area (Å²) in [6.45, 7) is 8.95. The molecule has 0 spiro atoms. The summed E-state index contributed by atoms with van der Waals surface area (Å²) in [5.74, 6) is -0.493. The summed E-state index contributed by atoms with van der Waals surface area (Å²) in [6, 6.07) is 13.6. The summed E-state index contributed by atoms with van der Waals surface area (Å²) in [5.41, 5.74) is -0.0329. The van der Waals surface area contributed by atoms with E-state index in [4.69, 9.17) is 9.72 Å². The van der Waals surface area contributed by atoms with Crippen molar-refractivity contribution >= 4 is 6.09 Å². The van der Waals surface area contributed by atoms with E-state index in [1.807, 2.05) is 45.2 Å². The number of carbonyl (C=O) groups excluding carboxylic acids is 1. The van der Waals surface area contributed by atoms with Crippen molar-refractivity contribution in [3.63, 3.8) is 0 Å². The first-order chi connectivity index (χ1) is 20.4. The highest BCUT2D eigenvalue weighted by atomic mass is 19.4. The summed E-state index contributed by atoms with van der Waals surface area (Å²) < 4.78 is 62.4. The third-order valence-electron chi connectivity index (χ3n) is 8.27. The summed E-state index contributed by atoms with van der Waals surface area (Å²) in [5, 5.41) is 0. The molecule has 0 unspecified atom stereocenters. The second-order valence-corrected chi connectivity index (χ2v) is 12.7. The molecule has 2 aromatic carbocycles. The Morgan fingerprint density at radius 2 is 1.70 bits per heavy atom. The lowest BCUT2D eigenvalue weighted by Crippen LogP contribution is -2.43. The predicted molar refractivity (Wildman–Crippen MR) is 157 cm³/mol. The van der Waals surface area contributed by atoms with Crippen molar-refractivity contribution < 1.29 is 27.1 Å². The number of imidazole rings is 1. The summed E-state index contributed by atoms with van der Waals surface area (Å²) >= 11 is 0. The monoisotopic (exact) mass is 600 g/mol. The number of benzene rings is 2. The van der Waals surface area contributed by atoms with Gasteiger partial charge in [0.15, 0.2) is 0 Å². The van der Waals surface area contributed by atoms with Gasteiger partial charge in [0, 0.05) is 49.9 Å². The number of carbonyl (C=O) groups is 1. The van der Waals surface area contributed by atoms with Crippen LogP contribution in [-0.4, -0.2) is 56.7 Å². The van der Waals surface area contributed by atoms with Crippen LogP contribution in [0.1, 0.15) is 75.7 Å². The molecule has 0 aliphatic carbocycles. The van der Waals surface area contributed by atoms with Gasteiger partial charge in [-0.1, -0.05) is 36.8 Å². The van der Waals surface area contributed by atoms with Gasteiger partial charge >= 0.3 is 12.3 Å². The summed E-state index contributed by atoms with van der Waals surface area (Å²) in [7, 11) is 0.